The molecular formula is C52H57NO4. The van der Waals surface area contributed by atoms with Crippen molar-refractivity contribution in [3.8, 4) is 11.1 Å². The number of likely N-dealkylation sites (tertiary alicyclic amines) is 1. The number of β-amino-alcohol motifs (C(OH)–C–C–N with tert-alkyl or cyclic N) is 1. The van der Waals surface area contributed by atoms with Gasteiger partial charge in [-0.3, -0.25) is 9.69 Å². The smallest absolute Gasteiger partial charge is 0.193 e. The summed E-state index contributed by atoms with van der Waals surface area (Å²) in [4.78, 5) is 17.5. The molecule has 3 aliphatic carbocycles. The summed E-state index contributed by atoms with van der Waals surface area (Å²) in [6.45, 7) is 5.62. The van der Waals surface area contributed by atoms with E-state index in [0.29, 0.717) is 36.9 Å². The molecule has 3 N–H and O–H groups in total. The van der Waals surface area contributed by atoms with E-state index >= 15 is 4.79 Å². The lowest BCUT2D eigenvalue weighted by Crippen LogP contribution is -2.57. The number of hydrogen-bond donors (Lipinski definition) is 3. The van der Waals surface area contributed by atoms with Crippen molar-refractivity contribution < 1.29 is 20.1 Å². The minimum absolute atomic E-state index is 0.0307. The third kappa shape index (κ3) is 7.47. The van der Waals surface area contributed by atoms with Gasteiger partial charge in [0.1, 0.15) is 5.60 Å². The van der Waals surface area contributed by atoms with Crippen LogP contribution in [0, 0.1) is 5.41 Å². The Morgan fingerprint density at radius 1 is 0.789 bits per heavy atom. The molecule has 5 heteroatoms. The Kier molecular flexibility index (Phi) is 11.2. The van der Waals surface area contributed by atoms with Crippen molar-refractivity contribution in [1.29, 1.82) is 0 Å². The van der Waals surface area contributed by atoms with E-state index in [4.69, 9.17) is 0 Å². The maximum Gasteiger partial charge on any atom is 0.193 e. The van der Waals surface area contributed by atoms with Crippen molar-refractivity contribution in [2.75, 3.05) is 13.1 Å². The lowest BCUT2D eigenvalue weighted by Gasteiger charge is -2.48. The minimum atomic E-state index is -1.26. The highest BCUT2D eigenvalue weighted by molar-refractivity contribution is 6.13. The number of rotatable bonds is 8. The van der Waals surface area contributed by atoms with Crippen LogP contribution in [0.5, 0.6) is 0 Å². The zero-order valence-corrected chi connectivity index (χ0v) is 33.5. The molecule has 5 atom stereocenters. The predicted octanol–water partition coefficient (Wildman–Crippen LogP) is 10.0. The van der Waals surface area contributed by atoms with Gasteiger partial charge in [0, 0.05) is 29.1 Å². The van der Waals surface area contributed by atoms with Crippen LogP contribution in [0.15, 0.2) is 145 Å². The number of allylic oxidation sites excluding steroid dienone is 2. The highest BCUT2D eigenvalue weighted by Crippen LogP contribution is 2.59. The summed E-state index contributed by atoms with van der Waals surface area (Å²) in [5.74, 6) is -0.124. The Labute approximate surface area is 338 Å². The Hall–Kier alpha value is -4.65. The Balaban J connectivity index is 1.21. The number of carbonyl (C=O) groups excluding carboxylic acids is 1. The molecule has 4 aliphatic rings. The second-order valence-corrected chi connectivity index (χ2v) is 17.3. The molecule has 5 aromatic rings. The number of aliphatic hydroxyl groups excluding tert-OH is 1. The van der Waals surface area contributed by atoms with Crippen LogP contribution in [0.4, 0.5) is 0 Å². The van der Waals surface area contributed by atoms with Crippen LogP contribution in [0.25, 0.3) is 11.1 Å². The van der Waals surface area contributed by atoms with Gasteiger partial charge < -0.3 is 15.3 Å². The van der Waals surface area contributed by atoms with Gasteiger partial charge in [-0.25, -0.2) is 0 Å². The summed E-state index contributed by atoms with van der Waals surface area (Å²) in [6, 6.07) is 44.0. The van der Waals surface area contributed by atoms with Crippen molar-refractivity contribution in [2.24, 2.45) is 5.41 Å². The average Bonchev–Trinajstić information content (AvgIpc) is 3.81. The molecule has 5 aromatic carbocycles. The van der Waals surface area contributed by atoms with Crippen LogP contribution in [-0.4, -0.2) is 56.8 Å². The van der Waals surface area contributed by atoms with Crippen molar-refractivity contribution in [2.45, 2.75) is 101 Å². The standard InChI is InChI=1S/C52H57NO4/c1-37-16-14-31-50(2)47(30-32-51(50,56)36-53-33-15-25-48(53)52(57,40-19-8-4-9-20-40)41-21-10-5-11-22-41)44-29-27-38(34-42(54)28-26-37)35-46(44)49(55)45-24-13-12-23-43(45)39-17-6-3-7-18-39/h3-13,16-24,27,29,35,42,47-48,54,56-57H,14-15,25-26,28,30-34,36H2,1-2H3/t42-,47-,48+,50-,51+/m0/s1. The number of carbonyl (C=O) groups is 1. The average molecular weight is 760 g/mol. The summed E-state index contributed by atoms with van der Waals surface area (Å²) in [5.41, 5.74) is 5.15. The molecule has 0 radical (unpaired) electrons. The number of aliphatic hydroxyl groups is 3. The zero-order valence-electron chi connectivity index (χ0n) is 33.5. The first-order valence-corrected chi connectivity index (χ1v) is 21.1. The fraction of sp³-hybridized carbons (Fsp3) is 0.365. The molecule has 1 aliphatic heterocycles. The number of benzene rings is 5. The molecule has 2 bridgehead atoms. The summed E-state index contributed by atoms with van der Waals surface area (Å²) >= 11 is 0. The molecule has 294 valence electrons. The first kappa shape index (κ1) is 39.2. The van der Waals surface area contributed by atoms with E-state index in [2.05, 4.69) is 37.0 Å². The fourth-order valence-electron chi connectivity index (χ4n) is 10.7. The van der Waals surface area contributed by atoms with E-state index in [1.54, 1.807) is 0 Å². The molecule has 2 fully saturated rings. The number of ketones is 1. The van der Waals surface area contributed by atoms with Crippen LogP contribution in [0.1, 0.15) is 109 Å². The molecule has 1 saturated heterocycles. The van der Waals surface area contributed by atoms with Crippen LogP contribution in [-0.2, 0) is 12.0 Å². The van der Waals surface area contributed by atoms with Gasteiger partial charge in [0.15, 0.2) is 5.78 Å². The number of fused-ring (bicyclic) bond motifs is 8. The Morgan fingerprint density at radius 2 is 1.44 bits per heavy atom. The Bertz CT molecular complexity index is 2160. The van der Waals surface area contributed by atoms with E-state index < -0.39 is 22.7 Å². The topological polar surface area (TPSA) is 81.0 Å². The van der Waals surface area contributed by atoms with E-state index in [9.17, 15) is 15.3 Å². The van der Waals surface area contributed by atoms with Gasteiger partial charge in [-0.15, -0.1) is 0 Å². The van der Waals surface area contributed by atoms with Crippen molar-refractivity contribution in [1.82, 2.24) is 4.90 Å². The van der Waals surface area contributed by atoms with Gasteiger partial charge in [0.2, 0.25) is 0 Å². The van der Waals surface area contributed by atoms with E-state index in [0.717, 1.165) is 78.5 Å². The summed E-state index contributed by atoms with van der Waals surface area (Å²) in [7, 11) is 0. The van der Waals surface area contributed by atoms with Crippen molar-refractivity contribution >= 4 is 5.78 Å². The van der Waals surface area contributed by atoms with Crippen molar-refractivity contribution in [3.05, 3.63) is 178 Å². The van der Waals surface area contributed by atoms with Gasteiger partial charge >= 0.3 is 0 Å². The van der Waals surface area contributed by atoms with E-state index in [1.165, 1.54) is 5.57 Å². The molecular weight excluding hydrogens is 703 g/mol. The van der Waals surface area contributed by atoms with Gasteiger partial charge in [0.05, 0.1) is 11.7 Å². The second-order valence-electron chi connectivity index (χ2n) is 17.3. The first-order valence-electron chi connectivity index (χ1n) is 21.1. The quantitative estimate of drug-likeness (QED) is 0.108. The predicted molar refractivity (Wildman–Crippen MR) is 229 cm³/mol. The highest BCUT2D eigenvalue weighted by atomic mass is 16.3. The fourth-order valence-corrected chi connectivity index (χ4v) is 10.7. The highest BCUT2D eigenvalue weighted by Gasteiger charge is 2.59. The second kappa shape index (κ2) is 16.3. The number of hydrogen-bond acceptors (Lipinski definition) is 5. The molecule has 1 heterocycles. The lowest BCUT2D eigenvalue weighted by molar-refractivity contribution is -0.101. The molecule has 57 heavy (non-hydrogen) atoms. The van der Waals surface area contributed by atoms with Crippen LogP contribution in [0.2, 0.25) is 0 Å². The monoisotopic (exact) mass is 759 g/mol. The number of nitrogens with zero attached hydrogens (tertiary/aromatic N) is 1. The van der Waals surface area contributed by atoms with Crippen molar-refractivity contribution in [3.63, 3.8) is 0 Å². The molecule has 9 rings (SSSR count). The van der Waals surface area contributed by atoms with Crippen LogP contribution in [0.3, 0.4) is 0 Å². The molecule has 0 amide bonds. The Morgan fingerprint density at radius 3 is 2.14 bits per heavy atom. The SMILES string of the molecule is CC1=CCC[C@@]2(C)[C@@H](CC[C@@]2(O)CN2CCC[C@@H]2C(O)(c2ccccc2)c2ccccc2)c2ccc(cc2C(=O)c2ccccc2-c2ccccc2)C[C@@H](O)CC1. The first-order chi connectivity index (χ1) is 27.6. The molecule has 5 nitrogen and oxygen atoms in total. The minimum Gasteiger partial charge on any atom is -0.393 e. The third-order valence-electron chi connectivity index (χ3n) is 13.9. The normalized spacial score (nSPS) is 25.8. The van der Waals surface area contributed by atoms with Gasteiger partial charge in [-0.1, -0.05) is 146 Å². The van der Waals surface area contributed by atoms with Gasteiger partial charge in [0.25, 0.3) is 0 Å². The molecule has 0 spiro atoms. The molecule has 0 unspecified atom stereocenters. The summed E-state index contributed by atoms with van der Waals surface area (Å²) in [6.07, 6.45) is 8.30. The van der Waals surface area contributed by atoms with Crippen LogP contribution < -0.4 is 0 Å². The molecule has 0 aromatic heterocycles. The van der Waals surface area contributed by atoms with Gasteiger partial charge in [-0.05, 0) is 117 Å². The largest absolute Gasteiger partial charge is 0.393 e. The summed E-state index contributed by atoms with van der Waals surface area (Å²) in [5, 5.41) is 37.5. The maximum atomic E-state index is 15.1. The lowest BCUT2D eigenvalue weighted by atomic mass is 9.64. The van der Waals surface area contributed by atoms with E-state index in [1.807, 2.05) is 121 Å². The van der Waals surface area contributed by atoms with Gasteiger partial charge in [-0.2, -0.15) is 0 Å². The van der Waals surface area contributed by atoms with E-state index in [-0.39, 0.29) is 17.7 Å². The molecule has 1 saturated carbocycles. The zero-order chi connectivity index (χ0) is 39.6. The van der Waals surface area contributed by atoms with Crippen LogP contribution >= 0.6 is 0 Å². The maximum absolute atomic E-state index is 15.1. The summed E-state index contributed by atoms with van der Waals surface area (Å²) < 4.78 is 0. The third-order valence-corrected chi connectivity index (χ3v) is 13.9.